The first-order valence-corrected chi connectivity index (χ1v) is 6.80. The third-order valence-electron chi connectivity index (χ3n) is 2.76. The van der Waals surface area contributed by atoms with Crippen LogP contribution in [0.1, 0.15) is 39.4 Å². The summed E-state index contributed by atoms with van der Waals surface area (Å²) in [4.78, 5) is 27.1. The second-order valence-corrected chi connectivity index (χ2v) is 5.67. The Bertz CT molecular complexity index is 491. The van der Waals surface area contributed by atoms with E-state index in [0.29, 0.717) is 13.0 Å². The van der Waals surface area contributed by atoms with E-state index in [-0.39, 0.29) is 5.97 Å². The molecule has 1 aromatic rings. The van der Waals surface area contributed by atoms with Crippen molar-refractivity contribution in [1.82, 2.24) is 14.9 Å². The maximum atomic E-state index is 11.5. The fourth-order valence-electron chi connectivity index (χ4n) is 1.77. The first-order chi connectivity index (χ1) is 9.74. The van der Waals surface area contributed by atoms with E-state index in [1.54, 1.807) is 44.8 Å². The number of amides is 1. The first kappa shape index (κ1) is 17.0. The van der Waals surface area contributed by atoms with Gasteiger partial charge in [0.1, 0.15) is 11.6 Å². The molecule has 0 aliphatic heterocycles. The SMILES string of the molecule is COC(=O)C(C)n1cncc1CCNC(=O)OC(C)(C)C. The molecule has 1 aromatic heterocycles. The van der Waals surface area contributed by atoms with Gasteiger partial charge in [-0.05, 0) is 27.7 Å². The zero-order chi connectivity index (χ0) is 16.0. The van der Waals surface area contributed by atoms with Crippen molar-refractivity contribution < 1.29 is 19.1 Å². The summed E-state index contributed by atoms with van der Waals surface area (Å²) >= 11 is 0. The predicted octanol–water partition coefficient (Wildman–Crippen LogP) is 1.68. The Hall–Kier alpha value is -2.05. The molecule has 0 aromatic carbocycles. The highest BCUT2D eigenvalue weighted by Crippen LogP contribution is 2.12. The van der Waals surface area contributed by atoms with Gasteiger partial charge in [-0.3, -0.25) is 0 Å². The van der Waals surface area contributed by atoms with E-state index in [9.17, 15) is 9.59 Å². The lowest BCUT2D eigenvalue weighted by Gasteiger charge is -2.20. The molecule has 1 rings (SSSR count). The molecule has 0 spiro atoms. The minimum Gasteiger partial charge on any atom is -0.467 e. The largest absolute Gasteiger partial charge is 0.467 e. The minimum atomic E-state index is -0.523. The van der Waals surface area contributed by atoms with Gasteiger partial charge in [0, 0.05) is 24.9 Å². The maximum Gasteiger partial charge on any atom is 0.407 e. The molecule has 7 nitrogen and oxygen atoms in total. The van der Waals surface area contributed by atoms with Crippen molar-refractivity contribution in [3.8, 4) is 0 Å². The molecule has 7 heteroatoms. The number of ether oxygens (including phenoxy) is 2. The molecule has 1 amide bonds. The number of methoxy groups -OCH3 is 1. The highest BCUT2D eigenvalue weighted by Gasteiger charge is 2.18. The van der Waals surface area contributed by atoms with Gasteiger partial charge in [-0.1, -0.05) is 0 Å². The van der Waals surface area contributed by atoms with E-state index in [0.717, 1.165) is 5.69 Å². The lowest BCUT2D eigenvalue weighted by atomic mass is 10.2. The average Bonchev–Trinajstić information content (AvgIpc) is 2.83. The molecule has 0 saturated heterocycles. The molecule has 0 radical (unpaired) electrons. The molecule has 0 aliphatic carbocycles. The Morgan fingerprint density at radius 2 is 2.10 bits per heavy atom. The number of nitrogens with one attached hydrogen (secondary N) is 1. The lowest BCUT2D eigenvalue weighted by Crippen LogP contribution is -2.33. The van der Waals surface area contributed by atoms with Crippen molar-refractivity contribution in [2.75, 3.05) is 13.7 Å². The molecule has 1 unspecified atom stereocenters. The van der Waals surface area contributed by atoms with Crippen LogP contribution in [0, 0.1) is 0 Å². The number of hydrogen-bond donors (Lipinski definition) is 1. The van der Waals surface area contributed by atoms with Crippen molar-refractivity contribution in [3.63, 3.8) is 0 Å². The number of esters is 1. The number of nitrogens with zero attached hydrogens (tertiary/aromatic N) is 2. The van der Waals surface area contributed by atoms with Crippen LogP contribution in [0.3, 0.4) is 0 Å². The van der Waals surface area contributed by atoms with E-state index in [4.69, 9.17) is 9.47 Å². The summed E-state index contributed by atoms with van der Waals surface area (Å²) in [5.74, 6) is -0.339. The van der Waals surface area contributed by atoms with Crippen molar-refractivity contribution in [1.29, 1.82) is 0 Å². The highest BCUT2D eigenvalue weighted by molar-refractivity contribution is 5.73. The molecular weight excluding hydrogens is 274 g/mol. The number of hydrogen-bond acceptors (Lipinski definition) is 5. The van der Waals surface area contributed by atoms with Crippen molar-refractivity contribution in [2.45, 2.75) is 45.8 Å². The zero-order valence-corrected chi connectivity index (χ0v) is 13.2. The van der Waals surface area contributed by atoms with Gasteiger partial charge in [0.05, 0.1) is 13.4 Å². The number of rotatable bonds is 5. The Morgan fingerprint density at radius 3 is 2.67 bits per heavy atom. The monoisotopic (exact) mass is 297 g/mol. The summed E-state index contributed by atoms with van der Waals surface area (Å²) in [6, 6.07) is -0.450. The third kappa shape index (κ3) is 5.45. The summed E-state index contributed by atoms with van der Waals surface area (Å²) in [5, 5.41) is 2.67. The Kier molecular flexibility index (Phi) is 5.75. The van der Waals surface area contributed by atoms with E-state index < -0.39 is 17.7 Å². The van der Waals surface area contributed by atoms with Crippen molar-refractivity contribution in [3.05, 3.63) is 18.2 Å². The molecule has 0 bridgehead atoms. The van der Waals surface area contributed by atoms with Gasteiger partial charge >= 0.3 is 12.1 Å². The van der Waals surface area contributed by atoms with E-state index >= 15 is 0 Å². The Labute approximate surface area is 124 Å². The van der Waals surface area contributed by atoms with E-state index in [1.165, 1.54) is 7.11 Å². The van der Waals surface area contributed by atoms with Crippen molar-refractivity contribution in [2.24, 2.45) is 0 Å². The van der Waals surface area contributed by atoms with Crippen LogP contribution in [0.25, 0.3) is 0 Å². The quantitative estimate of drug-likeness (QED) is 0.836. The third-order valence-corrected chi connectivity index (χ3v) is 2.76. The van der Waals surface area contributed by atoms with Gasteiger partial charge in [-0.25, -0.2) is 14.6 Å². The van der Waals surface area contributed by atoms with Crippen LogP contribution in [0.4, 0.5) is 4.79 Å². The van der Waals surface area contributed by atoms with Crippen molar-refractivity contribution >= 4 is 12.1 Å². The second kappa shape index (κ2) is 7.10. The summed E-state index contributed by atoms with van der Waals surface area (Å²) in [6.45, 7) is 7.55. The number of imidazole rings is 1. The summed E-state index contributed by atoms with van der Waals surface area (Å²) in [7, 11) is 1.35. The number of alkyl carbamates (subject to hydrolysis) is 1. The van der Waals surface area contributed by atoms with E-state index in [1.807, 2.05) is 0 Å². The van der Waals surface area contributed by atoms with Crippen LogP contribution < -0.4 is 5.32 Å². The molecule has 0 aliphatic rings. The molecule has 0 fully saturated rings. The Balaban J connectivity index is 2.52. The minimum absolute atomic E-state index is 0.339. The van der Waals surface area contributed by atoms with Crippen LogP contribution in [-0.2, 0) is 20.7 Å². The number of aromatic nitrogens is 2. The van der Waals surface area contributed by atoms with Crippen LogP contribution in [-0.4, -0.2) is 40.9 Å². The summed E-state index contributed by atoms with van der Waals surface area (Å²) < 4.78 is 11.6. The first-order valence-electron chi connectivity index (χ1n) is 6.80. The highest BCUT2D eigenvalue weighted by atomic mass is 16.6. The fraction of sp³-hybridized carbons (Fsp3) is 0.643. The topological polar surface area (TPSA) is 82.5 Å². The van der Waals surface area contributed by atoms with Crippen LogP contribution >= 0.6 is 0 Å². The molecule has 0 saturated carbocycles. The van der Waals surface area contributed by atoms with Crippen LogP contribution in [0.5, 0.6) is 0 Å². The summed E-state index contributed by atoms with van der Waals surface area (Å²) in [6.07, 6.45) is 3.32. The van der Waals surface area contributed by atoms with Crippen LogP contribution in [0.15, 0.2) is 12.5 Å². The Morgan fingerprint density at radius 1 is 1.43 bits per heavy atom. The molecule has 1 N–H and O–H groups in total. The summed E-state index contributed by atoms with van der Waals surface area (Å²) in [5.41, 5.74) is 0.314. The zero-order valence-electron chi connectivity index (χ0n) is 13.2. The molecule has 118 valence electrons. The fourth-order valence-corrected chi connectivity index (χ4v) is 1.77. The van der Waals surface area contributed by atoms with Crippen LogP contribution in [0.2, 0.25) is 0 Å². The predicted molar refractivity (Wildman–Crippen MR) is 76.9 cm³/mol. The van der Waals surface area contributed by atoms with Gasteiger partial charge in [-0.2, -0.15) is 0 Å². The average molecular weight is 297 g/mol. The van der Waals surface area contributed by atoms with Gasteiger partial charge < -0.3 is 19.4 Å². The standard InChI is InChI=1S/C14H23N3O4/c1-10(12(18)20-5)17-9-15-8-11(17)6-7-16-13(19)21-14(2,3)4/h8-10H,6-7H2,1-5H3,(H,16,19). The number of carbonyl (C=O) groups excluding carboxylic acids is 2. The molecule has 1 atom stereocenters. The van der Waals surface area contributed by atoms with Gasteiger partial charge in [0.15, 0.2) is 0 Å². The molecule has 1 heterocycles. The lowest BCUT2D eigenvalue weighted by molar-refractivity contribution is -0.144. The second-order valence-electron chi connectivity index (χ2n) is 5.67. The van der Waals surface area contributed by atoms with Gasteiger partial charge in [-0.15, -0.1) is 0 Å². The molecular formula is C14H23N3O4. The molecule has 21 heavy (non-hydrogen) atoms. The van der Waals surface area contributed by atoms with Gasteiger partial charge in [0.25, 0.3) is 0 Å². The number of carbonyl (C=O) groups is 2. The van der Waals surface area contributed by atoms with Gasteiger partial charge in [0.2, 0.25) is 0 Å². The maximum absolute atomic E-state index is 11.5. The normalized spacial score (nSPS) is 12.6. The van der Waals surface area contributed by atoms with E-state index in [2.05, 4.69) is 10.3 Å². The smallest absolute Gasteiger partial charge is 0.407 e.